The lowest BCUT2D eigenvalue weighted by atomic mass is 9.37. The second-order valence-electron chi connectivity index (χ2n) is 18.5. The number of hydrogen-bond acceptors (Lipinski definition) is 5. The summed E-state index contributed by atoms with van der Waals surface area (Å²) in [7, 11) is 0. The highest BCUT2D eigenvalue weighted by atomic mass is 16.5. The first-order chi connectivity index (χ1) is 24.0. The van der Waals surface area contributed by atoms with Crippen molar-refractivity contribution in [2.75, 3.05) is 6.54 Å². The number of hydrogen-bond donors (Lipinski definition) is 1. The summed E-state index contributed by atoms with van der Waals surface area (Å²) >= 11 is 0. The van der Waals surface area contributed by atoms with Gasteiger partial charge in [0.05, 0.1) is 29.0 Å². The predicted octanol–water partition coefficient (Wildman–Crippen LogP) is 9.56. The van der Waals surface area contributed by atoms with E-state index in [4.69, 9.17) is 9.72 Å². The Morgan fingerprint density at radius 2 is 1.60 bits per heavy atom. The minimum atomic E-state index is -0.193. The molecule has 7 heteroatoms. The number of esters is 1. The lowest BCUT2D eigenvalue weighted by molar-refractivity contribution is -0.203. The summed E-state index contributed by atoms with van der Waals surface area (Å²) in [6.45, 7) is 12.3. The molecule has 0 spiro atoms. The van der Waals surface area contributed by atoms with E-state index in [0.717, 1.165) is 73.6 Å². The van der Waals surface area contributed by atoms with Gasteiger partial charge < -0.3 is 14.6 Å². The van der Waals surface area contributed by atoms with E-state index in [-0.39, 0.29) is 23.5 Å². The quantitative estimate of drug-likeness (QED) is 0.325. The third kappa shape index (κ3) is 5.66. The van der Waals surface area contributed by atoms with Crippen molar-refractivity contribution in [3.63, 3.8) is 0 Å². The van der Waals surface area contributed by atoms with Crippen LogP contribution in [-0.2, 0) is 14.3 Å². The summed E-state index contributed by atoms with van der Waals surface area (Å²) in [5, 5.41) is 0. The van der Waals surface area contributed by atoms with Gasteiger partial charge in [-0.1, -0.05) is 53.0 Å². The van der Waals surface area contributed by atoms with Gasteiger partial charge in [-0.05, 0) is 141 Å². The molecule has 9 rings (SSSR count). The van der Waals surface area contributed by atoms with Gasteiger partial charge in [0.15, 0.2) is 0 Å². The van der Waals surface area contributed by atoms with E-state index in [9.17, 15) is 9.59 Å². The molecule has 11 unspecified atom stereocenters. The van der Waals surface area contributed by atoms with Crippen LogP contribution in [0.4, 0.5) is 0 Å². The fourth-order valence-electron chi connectivity index (χ4n) is 13.5. The minimum Gasteiger partial charge on any atom is -0.462 e. The molecule has 2 aromatic rings. The minimum absolute atomic E-state index is 0.0332. The van der Waals surface area contributed by atoms with E-state index < -0.39 is 0 Å². The Balaban J connectivity index is 0.000000845. The lowest BCUT2D eigenvalue weighted by Crippen LogP contribution is -2.62. The average molecular weight is 683 g/mol. The Labute approximate surface area is 300 Å². The van der Waals surface area contributed by atoms with E-state index in [0.29, 0.717) is 40.4 Å². The van der Waals surface area contributed by atoms with Crippen molar-refractivity contribution in [1.82, 2.24) is 19.9 Å². The van der Waals surface area contributed by atoms with E-state index >= 15 is 0 Å². The summed E-state index contributed by atoms with van der Waals surface area (Å²) in [6, 6.07) is 5.97. The number of fused-ring (bicyclic) bond motifs is 7. The first-order valence-corrected chi connectivity index (χ1v) is 20.5. The zero-order valence-corrected chi connectivity index (χ0v) is 31.5. The number of ether oxygens (including phenoxy) is 1. The van der Waals surface area contributed by atoms with Gasteiger partial charge in [0.25, 0.3) is 0 Å². The van der Waals surface area contributed by atoms with Gasteiger partial charge in [-0.25, -0.2) is 4.98 Å². The van der Waals surface area contributed by atoms with Gasteiger partial charge in [0.2, 0.25) is 5.91 Å². The number of nitrogens with zero attached hydrogens (tertiary/aromatic N) is 3. The number of carbonyl (C=O) groups excluding carboxylic acids is 2. The fraction of sp³-hybridized carbons (Fsp3) is 0.767. The van der Waals surface area contributed by atoms with Crippen LogP contribution in [0.5, 0.6) is 0 Å². The number of aromatic nitrogens is 3. The number of imidazole rings is 1. The smallest absolute Gasteiger partial charge is 0.302 e. The number of H-pyrrole nitrogens is 1. The largest absolute Gasteiger partial charge is 0.462 e. The van der Waals surface area contributed by atoms with Crippen LogP contribution < -0.4 is 0 Å². The standard InChI is InChI=1S/C39H54N4O3.C4H8/c1-24-27-14-18-38(4)28-15-20-39(36(45)43-22-8-11-32(43)35-41-23-31(42-35)30-10-5-6-21-40-30)17-7-9-29(39)26(28)12-13-34(38)37(27,3)19-16-33(24)46-25(2)44;1-4-2-3-4/h5-6,10,21,23-24,26-29,32-34H,7-9,11-20,22H2,1-4H3,(H,41,42);4H,2-3H2,1H3. The van der Waals surface area contributed by atoms with Gasteiger partial charge in [-0.15, -0.1) is 0 Å². The highest BCUT2D eigenvalue weighted by Gasteiger charge is 2.66. The van der Waals surface area contributed by atoms with Crippen LogP contribution in [0.25, 0.3) is 11.4 Å². The second kappa shape index (κ2) is 13.1. The SMILES string of the molecule is CC(=O)OC1CCC2(C)C(CCC3(C)C4CCC5(C(=O)N6CCCC6c6ncc(-c7ccccn7)[nH]6)CCCC5C4CCC23)C1C.CC1CC1. The maximum atomic E-state index is 14.9. The molecule has 272 valence electrons. The molecular formula is C43H62N4O3. The third-order valence-electron chi connectivity index (χ3n) is 16.0. The molecule has 7 fully saturated rings. The molecule has 1 saturated heterocycles. The molecule has 1 N–H and O–H groups in total. The number of carbonyl (C=O) groups is 2. The molecule has 6 saturated carbocycles. The Morgan fingerprint density at radius 3 is 2.34 bits per heavy atom. The Morgan fingerprint density at radius 1 is 0.840 bits per heavy atom. The molecule has 1 aliphatic heterocycles. The van der Waals surface area contributed by atoms with Gasteiger partial charge in [0, 0.05) is 19.7 Å². The summed E-state index contributed by atoms with van der Waals surface area (Å²) in [5.74, 6) is 5.99. The normalized spacial score (nSPS) is 41.9. The van der Waals surface area contributed by atoms with Crippen LogP contribution in [0.1, 0.15) is 143 Å². The van der Waals surface area contributed by atoms with Crippen molar-refractivity contribution in [3.8, 4) is 11.4 Å². The van der Waals surface area contributed by atoms with Crippen molar-refractivity contribution in [2.45, 2.75) is 143 Å². The Bertz CT molecular complexity index is 1550. The zero-order chi connectivity index (χ0) is 34.8. The fourth-order valence-corrected chi connectivity index (χ4v) is 13.5. The number of pyridine rings is 1. The van der Waals surface area contributed by atoms with Gasteiger partial charge in [-0.2, -0.15) is 0 Å². The topological polar surface area (TPSA) is 88.2 Å². The Hall–Kier alpha value is -2.70. The van der Waals surface area contributed by atoms with Gasteiger partial charge in [-0.3, -0.25) is 14.6 Å². The molecule has 6 aliphatic carbocycles. The molecule has 0 radical (unpaired) electrons. The summed E-state index contributed by atoms with van der Waals surface area (Å²) in [6.07, 6.45) is 21.8. The van der Waals surface area contributed by atoms with Crippen LogP contribution in [0.15, 0.2) is 30.6 Å². The lowest BCUT2D eigenvalue weighted by Gasteiger charge is -2.67. The van der Waals surface area contributed by atoms with Crippen molar-refractivity contribution in [2.24, 2.45) is 57.7 Å². The number of nitrogens with one attached hydrogen (secondary N) is 1. The monoisotopic (exact) mass is 682 g/mol. The summed E-state index contributed by atoms with van der Waals surface area (Å²) in [5.41, 5.74) is 2.28. The van der Waals surface area contributed by atoms with Crippen LogP contribution in [0.2, 0.25) is 0 Å². The van der Waals surface area contributed by atoms with Crippen LogP contribution in [-0.4, -0.2) is 44.4 Å². The molecule has 0 aromatic carbocycles. The molecule has 11 atom stereocenters. The summed E-state index contributed by atoms with van der Waals surface area (Å²) < 4.78 is 5.84. The molecule has 50 heavy (non-hydrogen) atoms. The molecule has 7 aliphatic rings. The predicted molar refractivity (Wildman–Crippen MR) is 196 cm³/mol. The van der Waals surface area contributed by atoms with Crippen molar-refractivity contribution in [1.29, 1.82) is 0 Å². The maximum Gasteiger partial charge on any atom is 0.302 e. The first kappa shape index (κ1) is 34.4. The highest BCUT2D eigenvalue weighted by molar-refractivity contribution is 5.84. The second-order valence-corrected chi connectivity index (χ2v) is 18.5. The van der Waals surface area contributed by atoms with Crippen molar-refractivity contribution in [3.05, 3.63) is 36.4 Å². The number of likely N-dealkylation sites (tertiary alicyclic amines) is 1. The van der Waals surface area contributed by atoms with E-state index in [1.54, 1.807) is 6.92 Å². The molecule has 3 heterocycles. The van der Waals surface area contributed by atoms with Gasteiger partial charge >= 0.3 is 5.97 Å². The Kier molecular flexibility index (Phi) is 8.98. The average Bonchev–Trinajstić information content (AvgIpc) is 3.50. The summed E-state index contributed by atoms with van der Waals surface area (Å²) in [4.78, 5) is 41.9. The number of aromatic amines is 1. The van der Waals surface area contributed by atoms with Crippen molar-refractivity contribution < 1.29 is 14.3 Å². The molecule has 7 nitrogen and oxygen atoms in total. The number of rotatable bonds is 4. The molecular weight excluding hydrogens is 620 g/mol. The van der Waals surface area contributed by atoms with E-state index in [1.807, 2.05) is 30.6 Å². The van der Waals surface area contributed by atoms with Crippen molar-refractivity contribution >= 4 is 11.9 Å². The first-order valence-electron chi connectivity index (χ1n) is 20.5. The molecule has 0 bridgehead atoms. The highest BCUT2D eigenvalue weighted by Crippen LogP contribution is 2.72. The van der Waals surface area contributed by atoms with Crippen LogP contribution in [0.3, 0.4) is 0 Å². The van der Waals surface area contributed by atoms with Gasteiger partial charge in [0.1, 0.15) is 11.9 Å². The van der Waals surface area contributed by atoms with Crippen LogP contribution >= 0.6 is 0 Å². The zero-order valence-electron chi connectivity index (χ0n) is 31.5. The maximum absolute atomic E-state index is 14.9. The van der Waals surface area contributed by atoms with Crippen LogP contribution in [0, 0.1) is 57.7 Å². The molecule has 1 amide bonds. The number of amides is 1. The third-order valence-corrected chi connectivity index (χ3v) is 16.0. The van der Waals surface area contributed by atoms with E-state index in [2.05, 4.69) is 42.6 Å². The van der Waals surface area contributed by atoms with E-state index in [1.165, 1.54) is 64.2 Å². The molecule has 2 aromatic heterocycles.